The van der Waals surface area contributed by atoms with E-state index in [9.17, 15) is 4.79 Å². The largest absolute Gasteiger partial charge is 0.322 e. The smallest absolute Gasteiger partial charge is 0.258 e. The van der Waals surface area contributed by atoms with Crippen LogP contribution in [0.15, 0.2) is 39.4 Å². The predicted molar refractivity (Wildman–Crippen MR) is 84.1 cm³/mol. The van der Waals surface area contributed by atoms with Crippen LogP contribution in [0, 0.1) is 0 Å². The van der Waals surface area contributed by atoms with Crippen molar-refractivity contribution in [1.82, 2.24) is 4.98 Å². The second-order valence-electron chi connectivity index (χ2n) is 3.57. The highest BCUT2D eigenvalue weighted by atomic mass is 79.9. The van der Waals surface area contributed by atoms with Gasteiger partial charge in [0.15, 0.2) is 0 Å². The Bertz CT molecular complexity index is 650. The first kappa shape index (κ1) is 14.8. The number of halogens is 4. The topological polar surface area (TPSA) is 42.0 Å². The van der Waals surface area contributed by atoms with E-state index >= 15 is 0 Å². The molecule has 7 heteroatoms. The summed E-state index contributed by atoms with van der Waals surface area (Å²) in [7, 11) is 0. The van der Waals surface area contributed by atoms with Crippen molar-refractivity contribution in [2.24, 2.45) is 0 Å². The van der Waals surface area contributed by atoms with Gasteiger partial charge in [-0.25, -0.2) is 4.98 Å². The van der Waals surface area contributed by atoms with Crippen molar-refractivity contribution >= 4 is 66.7 Å². The van der Waals surface area contributed by atoms with Gasteiger partial charge in [0.05, 0.1) is 10.6 Å². The van der Waals surface area contributed by atoms with Crippen molar-refractivity contribution in [1.29, 1.82) is 0 Å². The van der Waals surface area contributed by atoms with E-state index in [2.05, 4.69) is 42.2 Å². The van der Waals surface area contributed by atoms with Crippen LogP contribution < -0.4 is 5.32 Å². The number of benzene rings is 1. The molecule has 0 spiro atoms. The Kier molecular flexibility index (Phi) is 4.84. The first-order chi connectivity index (χ1) is 8.97. The molecule has 1 amide bonds. The van der Waals surface area contributed by atoms with Crippen molar-refractivity contribution in [3.63, 3.8) is 0 Å². The van der Waals surface area contributed by atoms with E-state index in [0.29, 0.717) is 15.2 Å². The summed E-state index contributed by atoms with van der Waals surface area (Å²) in [6, 6.07) is 6.72. The van der Waals surface area contributed by atoms with Gasteiger partial charge in [0.1, 0.15) is 5.15 Å². The fourth-order valence-corrected chi connectivity index (χ4v) is 2.30. The van der Waals surface area contributed by atoms with Crippen LogP contribution >= 0.6 is 55.1 Å². The highest BCUT2D eigenvalue weighted by Crippen LogP contribution is 2.26. The highest BCUT2D eigenvalue weighted by molar-refractivity contribution is 9.10. The van der Waals surface area contributed by atoms with Crippen molar-refractivity contribution in [3.8, 4) is 0 Å². The maximum Gasteiger partial charge on any atom is 0.258 e. The van der Waals surface area contributed by atoms with E-state index in [1.807, 2.05) is 0 Å². The number of anilines is 1. The molecule has 0 aliphatic rings. The van der Waals surface area contributed by atoms with E-state index in [-0.39, 0.29) is 16.6 Å². The Labute approximate surface area is 136 Å². The molecule has 2 rings (SSSR count). The molecule has 1 aromatic carbocycles. The van der Waals surface area contributed by atoms with E-state index in [4.69, 9.17) is 23.2 Å². The second kappa shape index (κ2) is 6.22. The minimum atomic E-state index is -0.350. The van der Waals surface area contributed by atoms with Gasteiger partial charge in [0, 0.05) is 20.8 Å². The zero-order valence-corrected chi connectivity index (χ0v) is 13.9. The summed E-state index contributed by atoms with van der Waals surface area (Å²) in [6.07, 6.45) is 1.52. The van der Waals surface area contributed by atoms with Crippen LogP contribution in [0.3, 0.4) is 0 Å². The van der Waals surface area contributed by atoms with Gasteiger partial charge in [-0.1, -0.05) is 23.2 Å². The van der Waals surface area contributed by atoms with Gasteiger partial charge in [-0.05, 0) is 56.1 Å². The van der Waals surface area contributed by atoms with Gasteiger partial charge in [-0.2, -0.15) is 0 Å². The lowest BCUT2D eigenvalue weighted by Crippen LogP contribution is -2.13. The average Bonchev–Trinajstić information content (AvgIpc) is 2.36. The van der Waals surface area contributed by atoms with E-state index in [1.54, 1.807) is 24.3 Å². The maximum absolute atomic E-state index is 12.1. The molecule has 1 aromatic heterocycles. The molecule has 1 N–H and O–H groups in total. The molecule has 3 nitrogen and oxygen atoms in total. The number of pyridine rings is 1. The zero-order chi connectivity index (χ0) is 14.0. The molecule has 0 saturated carbocycles. The number of nitrogens with zero attached hydrogens (tertiary/aromatic N) is 1. The lowest BCUT2D eigenvalue weighted by atomic mass is 10.2. The summed E-state index contributed by atoms with van der Waals surface area (Å²) in [5, 5.41) is 3.36. The fourth-order valence-electron chi connectivity index (χ4n) is 1.35. The van der Waals surface area contributed by atoms with E-state index in [1.165, 1.54) is 6.20 Å². The summed E-state index contributed by atoms with van der Waals surface area (Å²) in [4.78, 5) is 16.0. The number of carbonyl (C=O) groups is 1. The first-order valence-electron chi connectivity index (χ1n) is 5.05. The summed E-state index contributed by atoms with van der Waals surface area (Å²) in [5.41, 5.74) is 0.865. The highest BCUT2D eigenvalue weighted by Gasteiger charge is 2.12. The molecule has 0 unspecified atom stereocenters. The maximum atomic E-state index is 12.1. The minimum Gasteiger partial charge on any atom is -0.322 e. The fraction of sp³-hybridized carbons (Fsp3) is 0. The van der Waals surface area contributed by atoms with Crippen LogP contribution in [0.5, 0.6) is 0 Å². The van der Waals surface area contributed by atoms with Crippen LogP contribution in [-0.4, -0.2) is 10.9 Å². The number of rotatable bonds is 2. The predicted octanol–water partition coefficient (Wildman–Crippen LogP) is 5.17. The Morgan fingerprint density at radius 1 is 1.21 bits per heavy atom. The zero-order valence-electron chi connectivity index (χ0n) is 9.25. The third-order valence-electron chi connectivity index (χ3n) is 2.23. The lowest BCUT2D eigenvalue weighted by molar-refractivity contribution is 0.102. The Balaban J connectivity index is 2.25. The molecule has 0 saturated heterocycles. The van der Waals surface area contributed by atoms with Crippen LogP contribution in [0.2, 0.25) is 10.2 Å². The Morgan fingerprint density at radius 2 is 1.95 bits per heavy atom. The molecule has 0 atom stereocenters. The third kappa shape index (κ3) is 3.69. The number of hydrogen-bond acceptors (Lipinski definition) is 2. The summed E-state index contributed by atoms with van der Waals surface area (Å²) in [5.74, 6) is -0.350. The van der Waals surface area contributed by atoms with Crippen molar-refractivity contribution < 1.29 is 4.79 Å². The van der Waals surface area contributed by atoms with Gasteiger partial charge in [0.2, 0.25) is 0 Å². The molecule has 98 valence electrons. The average molecular weight is 425 g/mol. The van der Waals surface area contributed by atoms with Crippen molar-refractivity contribution in [2.45, 2.75) is 0 Å². The Hall–Kier alpha value is -0.620. The van der Waals surface area contributed by atoms with Crippen molar-refractivity contribution in [3.05, 3.63) is 55.1 Å². The summed E-state index contributed by atoms with van der Waals surface area (Å²) >= 11 is 18.4. The SMILES string of the molecule is O=C(Nc1ccc(Br)c(Cl)c1)c1cc(Br)cnc1Cl. The molecule has 0 fully saturated rings. The first-order valence-corrected chi connectivity index (χ1v) is 7.39. The van der Waals surface area contributed by atoms with Gasteiger partial charge in [0.25, 0.3) is 5.91 Å². The monoisotopic (exact) mass is 422 g/mol. The standard InChI is InChI=1S/C12H6Br2Cl2N2O/c13-6-3-8(11(16)17-5-6)12(19)18-7-1-2-9(14)10(15)4-7/h1-5H,(H,18,19). The van der Waals surface area contributed by atoms with Crippen LogP contribution in [0.4, 0.5) is 5.69 Å². The molecular formula is C12H6Br2Cl2N2O. The van der Waals surface area contributed by atoms with Crippen LogP contribution in [0.25, 0.3) is 0 Å². The van der Waals surface area contributed by atoms with Gasteiger partial charge < -0.3 is 5.32 Å². The van der Waals surface area contributed by atoms with Gasteiger partial charge >= 0.3 is 0 Å². The molecule has 0 radical (unpaired) electrons. The molecule has 0 aliphatic heterocycles. The van der Waals surface area contributed by atoms with E-state index in [0.717, 1.165) is 4.47 Å². The molecule has 2 aromatic rings. The number of amides is 1. The molecule has 1 heterocycles. The minimum absolute atomic E-state index is 0.143. The quantitative estimate of drug-likeness (QED) is 0.676. The molecule has 0 aliphatic carbocycles. The lowest BCUT2D eigenvalue weighted by Gasteiger charge is -2.07. The van der Waals surface area contributed by atoms with Crippen LogP contribution in [-0.2, 0) is 0 Å². The van der Waals surface area contributed by atoms with Gasteiger partial charge in [-0.3, -0.25) is 4.79 Å². The molecular weight excluding hydrogens is 419 g/mol. The number of hydrogen-bond donors (Lipinski definition) is 1. The number of nitrogens with one attached hydrogen (secondary N) is 1. The summed E-state index contributed by atoms with van der Waals surface area (Å²) in [6.45, 7) is 0. The second-order valence-corrected chi connectivity index (χ2v) is 6.11. The van der Waals surface area contributed by atoms with Gasteiger partial charge in [-0.15, -0.1) is 0 Å². The normalized spacial score (nSPS) is 10.3. The summed E-state index contributed by atoms with van der Waals surface area (Å²) < 4.78 is 1.44. The number of aromatic nitrogens is 1. The molecule has 19 heavy (non-hydrogen) atoms. The number of carbonyl (C=O) groups excluding carboxylic acids is 1. The van der Waals surface area contributed by atoms with Crippen LogP contribution in [0.1, 0.15) is 10.4 Å². The van der Waals surface area contributed by atoms with Crippen molar-refractivity contribution in [2.75, 3.05) is 5.32 Å². The van der Waals surface area contributed by atoms with E-state index < -0.39 is 0 Å². The molecule has 0 bridgehead atoms. The third-order valence-corrected chi connectivity index (χ3v) is 4.20. The Morgan fingerprint density at radius 3 is 2.63 bits per heavy atom.